The van der Waals surface area contributed by atoms with Gasteiger partial charge in [0.05, 0.1) is 11.6 Å². The zero-order valence-corrected chi connectivity index (χ0v) is 12.0. The topological polar surface area (TPSA) is 54.0 Å². The first-order chi connectivity index (χ1) is 9.11. The summed E-state index contributed by atoms with van der Waals surface area (Å²) in [5.74, 6) is -0.0647. The zero-order valence-electron chi connectivity index (χ0n) is 11.2. The lowest BCUT2D eigenvalue weighted by atomic mass is 10.1. The van der Waals surface area contributed by atoms with E-state index in [0.29, 0.717) is 5.56 Å². The van der Waals surface area contributed by atoms with Gasteiger partial charge >= 0.3 is 0 Å². The number of carbonyl (C=O) groups is 1. The Bertz CT molecular complexity index is 566. The Balaban J connectivity index is 2.15. The standard InChI is InChI=1S/C14H17N3OS/c1-9-6-11(14(18)15-3)4-5-12(9)17-10(2)13-7-16-8-19-13/h4-8,10,17H,1-3H3,(H,15,18). The first-order valence-corrected chi connectivity index (χ1v) is 6.97. The molecule has 0 spiro atoms. The van der Waals surface area contributed by atoms with E-state index in [0.717, 1.165) is 11.3 Å². The van der Waals surface area contributed by atoms with Crippen molar-refractivity contribution >= 4 is 22.9 Å². The molecule has 100 valence electrons. The van der Waals surface area contributed by atoms with Crippen molar-refractivity contribution in [2.75, 3.05) is 12.4 Å². The van der Waals surface area contributed by atoms with Gasteiger partial charge in [-0.1, -0.05) is 0 Å². The summed E-state index contributed by atoms with van der Waals surface area (Å²) in [7, 11) is 1.63. The number of nitrogens with one attached hydrogen (secondary N) is 2. The van der Waals surface area contributed by atoms with Crippen molar-refractivity contribution in [1.29, 1.82) is 0 Å². The number of anilines is 1. The van der Waals surface area contributed by atoms with Crippen LogP contribution in [0.1, 0.15) is 33.8 Å². The van der Waals surface area contributed by atoms with Gasteiger partial charge in [-0.3, -0.25) is 9.78 Å². The van der Waals surface area contributed by atoms with Crippen LogP contribution in [0.15, 0.2) is 29.9 Å². The SMILES string of the molecule is CNC(=O)c1ccc(NC(C)c2cncs2)c(C)c1. The molecule has 1 aromatic heterocycles. The maximum Gasteiger partial charge on any atom is 0.251 e. The maximum atomic E-state index is 11.5. The number of hydrogen-bond donors (Lipinski definition) is 2. The molecule has 1 heterocycles. The summed E-state index contributed by atoms with van der Waals surface area (Å²) in [6, 6.07) is 5.86. The molecule has 0 bridgehead atoms. The summed E-state index contributed by atoms with van der Waals surface area (Å²) in [4.78, 5) is 16.8. The summed E-state index contributed by atoms with van der Waals surface area (Å²) in [6.07, 6.45) is 1.87. The molecule has 0 saturated heterocycles. The first-order valence-electron chi connectivity index (χ1n) is 6.09. The maximum absolute atomic E-state index is 11.5. The average molecular weight is 275 g/mol. The average Bonchev–Trinajstić information content (AvgIpc) is 2.94. The van der Waals surface area contributed by atoms with Crippen LogP contribution in [0.25, 0.3) is 0 Å². The van der Waals surface area contributed by atoms with E-state index in [1.807, 2.05) is 36.8 Å². The summed E-state index contributed by atoms with van der Waals surface area (Å²) < 4.78 is 0. The van der Waals surface area contributed by atoms with Crippen LogP contribution in [-0.4, -0.2) is 17.9 Å². The molecule has 0 aliphatic rings. The monoisotopic (exact) mass is 275 g/mol. The van der Waals surface area contributed by atoms with Crippen molar-refractivity contribution in [2.45, 2.75) is 19.9 Å². The quantitative estimate of drug-likeness (QED) is 0.902. The van der Waals surface area contributed by atoms with Gasteiger partial charge in [-0.15, -0.1) is 11.3 Å². The number of rotatable bonds is 4. The normalized spacial score (nSPS) is 11.9. The van der Waals surface area contributed by atoms with Crippen molar-refractivity contribution < 1.29 is 4.79 Å². The van der Waals surface area contributed by atoms with Gasteiger partial charge in [0.25, 0.3) is 5.91 Å². The lowest BCUT2D eigenvalue weighted by molar-refractivity contribution is 0.0963. The lowest BCUT2D eigenvalue weighted by Gasteiger charge is -2.16. The molecule has 0 aliphatic heterocycles. The Morgan fingerprint density at radius 3 is 2.79 bits per heavy atom. The van der Waals surface area contributed by atoms with E-state index in [1.165, 1.54) is 4.88 Å². The van der Waals surface area contributed by atoms with E-state index in [2.05, 4.69) is 22.5 Å². The van der Waals surface area contributed by atoms with Crippen LogP contribution in [0.2, 0.25) is 0 Å². The highest BCUT2D eigenvalue weighted by molar-refractivity contribution is 7.09. The molecule has 0 radical (unpaired) electrons. The molecule has 0 saturated carbocycles. The highest BCUT2D eigenvalue weighted by Crippen LogP contribution is 2.24. The molecule has 4 nitrogen and oxygen atoms in total. The summed E-state index contributed by atoms with van der Waals surface area (Å²) in [5.41, 5.74) is 4.59. The minimum Gasteiger partial charge on any atom is -0.377 e. The second-order valence-corrected chi connectivity index (χ2v) is 5.30. The van der Waals surface area contributed by atoms with E-state index in [9.17, 15) is 4.79 Å². The molecule has 1 atom stereocenters. The highest BCUT2D eigenvalue weighted by atomic mass is 32.1. The van der Waals surface area contributed by atoms with Crippen LogP contribution in [0.5, 0.6) is 0 Å². The number of nitrogens with zero attached hydrogens (tertiary/aromatic N) is 1. The van der Waals surface area contributed by atoms with Gasteiger partial charge in [-0.25, -0.2) is 0 Å². The van der Waals surface area contributed by atoms with E-state index in [1.54, 1.807) is 18.4 Å². The van der Waals surface area contributed by atoms with Crippen molar-refractivity contribution in [2.24, 2.45) is 0 Å². The van der Waals surface area contributed by atoms with Crippen LogP contribution in [0.4, 0.5) is 5.69 Å². The zero-order chi connectivity index (χ0) is 13.8. The summed E-state index contributed by atoms with van der Waals surface area (Å²) in [6.45, 7) is 4.09. The summed E-state index contributed by atoms with van der Waals surface area (Å²) in [5, 5.41) is 6.06. The Labute approximate surface area is 116 Å². The molecule has 2 rings (SSSR count). The van der Waals surface area contributed by atoms with E-state index in [-0.39, 0.29) is 11.9 Å². The third-order valence-electron chi connectivity index (χ3n) is 2.97. The highest BCUT2D eigenvalue weighted by Gasteiger charge is 2.10. The molecule has 1 unspecified atom stereocenters. The van der Waals surface area contributed by atoms with Crippen molar-refractivity contribution in [3.8, 4) is 0 Å². The van der Waals surface area contributed by atoms with Crippen LogP contribution in [0, 0.1) is 6.92 Å². The first kappa shape index (κ1) is 13.5. The smallest absolute Gasteiger partial charge is 0.251 e. The fourth-order valence-electron chi connectivity index (χ4n) is 1.86. The molecule has 0 fully saturated rings. The van der Waals surface area contributed by atoms with Gasteiger partial charge in [0, 0.05) is 29.4 Å². The van der Waals surface area contributed by atoms with Crippen molar-refractivity contribution in [3.05, 3.63) is 45.9 Å². The molecule has 2 aromatic rings. The fourth-order valence-corrected chi connectivity index (χ4v) is 2.48. The Morgan fingerprint density at radius 1 is 1.42 bits per heavy atom. The van der Waals surface area contributed by atoms with Crippen LogP contribution in [-0.2, 0) is 0 Å². The molecular formula is C14H17N3OS. The largest absolute Gasteiger partial charge is 0.377 e. The van der Waals surface area contributed by atoms with Gasteiger partial charge in [0.1, 0.15) is 0 Å². The van der Waals surface area contributed by atoms with Gasteiger partial charge in [0.15, 0.2) is 0 Å². The van der Waals surface area contributed by atoms with E-state index in [4.69, 9.17) is 0 Å². The third-order valence-corrected chi connectivity index (χ3v) is 3.92. The molecule has 2 N–H and O–H groups in total. The predicted octanol–water partition coefficient (Wildman–Crippen LogP) is 2.98. The molecular weight excluding hydrogens is 258 g/mol. The second kappa shape index (κ2) is 5.84. The fraction of sp³-hybridized carbons (Fsp3) is 0.286. The number of aryl methyl sites for hydroxylation is 1. The number of benzene rings is 1. The Kier molecular flexibility index (Phi) is 4.16. The molecule has 1 aromatic carbocycles. The molecule has 19 heavy (non-hydrogen) atoms. The lowest BCUT2D eigenvalue weighted by Crippen LogP contribution is -2.18. The van der Waals surface area contributed by atoms with Gasteiger partial charge in [0.2, 0.25) is 0 Å². The summed E-state index contributed by atoms with van der Waals surface area (Å²) >= 11 is 1.63. The predicted molar refractivity (Wildman–Crippen MR) is 78.7 cm³/mol. The number of amides is 1. The van der Waals surface area contributed by atoms with Crippen LogP contribution < -0.4 is 10.6 Å². The van der Waals surface area contributed by atoms with Gasteiger partial charge in [-0.2, -0.15) is 0 Å². The number of carbonyl (C=O) groups excluding carboxylic acids is 1. The molecule has 0 aliphatic carbocycles. The van der Waals surface area contributed by atoms with Gasteiger partial charge in [-0.05, 0) is 37.6 Å². The number of thiazole rings is 1. The van der Waals surface area contributed by atoms with E-state index < -0.39 is 0 Å². The molecule has 5 heteroatoms. The molecule has 1 amide bonds. The Hall–Kier alpha value is -1.88. The van der Waals surface area contributed by atoms with Gasteiger partial charge < -0.3 is 10.6 Å². The van der Waals surface area contributed by atoms with Crippen molar-refractivity contribution in [1.82, 2.24) is 10.3 Å². The minimum atomic E-state index is -0.0647. The van der Waals surface area contributed by atoms with Crippen LogP contribution >= 0.6 is 11.3 Å². The van der Waals surface area contributed by atoms with Crippen LogP contribution in [0.3, 0.4) is 0 Å². The number of hydrogen-bond acceptors (Lipinski definition) is 4. The third kappa shape index (κ3) is 3.12. The Morgan fingerprint density at radius 2 is 2.21 bits per heavy atom. The minimum absolute atomic E-state index is 0.0647. The van der Waals surface area contributed by atoms with Crippen molar-refractivity contribution in [3.63, 3.8) is 0 Å². The number of aromatic nitrogens is 1. The van der Waals surface area contributed by atoms with E-state index >= 15 is 0 Å². The second-order valence-electron chi connectivity index (χ2n) is 4.38.